The molecule has 0 spiro atoms. The number of ether oxygens (including phenoxy) is 2. The monoisotopic (exact) mass is 396 g/mol. The number of hydrogen-bond donors (Lipinski definition) is 1. The Hall–Kier alpha value is -3.35. The average Bonchev–Trinajstić information content (AvgIpc) is 2.97. The van der Waals surface area contributed by atoms with Crippen molar-refractivity contribution in [3.05, 3.63) is 53.1 Å². The number of amides is 2. The smallest absolute Gasteiger partial charge is 0.300 e. The fraction of sp³-hybridized carbons (Fsp3) is 0.318. The van der Waals surface area contributed by atoms with Gasteiger partial charge in [0.1, 0.15) is 6.04 Å². The highest BCUT2D eigenvalue weighted by molar-refractivity contribution is 6.52. The van der Waals surface area contributed by atoms with Gasteiger partial charge >= 0.3 is 0 Å². The quantitative estimate of drug-likeness (QED) is 0.726. The molecule has 1 unspecified atom stereocenters. The normalized spacial score (nSPS) is 13.9. The Labute approximate surface area is 169 Å². The molecule has 0 saturated carbocycles. The van der Waals surface area contributed by atoms with Gasteiger partial charge in [-0.2, -0.15) is 0 Å². The van der Waals surface area contributed by atoms with Crippen LogP contribution >= 0.6 is 0 Å². The van der Waals surface area contributed by atoms with E-state index in [-0.39, 0.29) is 5.91 Å². The highest BCUT2D eigenvalue weighted by Crippen LogP contribution is 2.31. The molecular weight excluding hydrogens is 372 g/mol. The summed E-state index contributed by atoms with van der Waals surface area (Å²) in [7, 11) is 3.14. The van der Waals surface area contributed by atoms with Gasteiger partial charge < -0.3 is 14.8 Å². The van der Waals surface area contributed by atoms with E-state index in [2.05, 4.69) is 5.32 Å². The van der Waals surface area contributed by atoms with Crippen LogP contribution in [0.3, 0.4) is 0 Å². The van der Waals surface area contributed by atoms with Crippen molar-refractivity contribution in [3.63, 3.8) is 0 Å². The van der Waals surface area contributed by atoms with Crippen molar-refractivity contribution in [2.24, 2.45) is 0 Å². The zero-order chi connectivity index (χ0) is 21.1. The molecule has 3 rings (SSSR count). The zero-order valence-electron chi connectivity index (χ0n) is 16.9. The van der Waals surface area contributed by atoms with Gasteiger partial charge in [0.05, 0.1) is 25.5 Å². The van der Waals surface area contributed by atoms with Gasteiger partial charge in [-0.3, -0.25) is 19.3 Å². The number of carbonyl (C=O) groups is 3. The summed E-state index contributed by atoms with van der Waals surface area (Å²) in [6.07, 6.45) is 0.585. The zero-order valence-corrected chi connectivity index (χ0v) is 16.9. The Morgan fingerprint density at radius 1 is 1.07 bits per heavy atom. The van der Waals surface area contributed by atoms with Crippen molar-refractivity contribution in [1.82, 2.24) is 5.32 Å². The minimum Gasteiger partial charge on any atom is -0.493 e. The summed E-state index contributed by atoms with van der Waals surface area (Å²) in [6.45, 7) is 3.85. The van der Waals surface area contributed by atoms with Gasteiger partial charge in [0.2, 0.25) is 5.91 Å². The fourth-order valence-corrected chi connectivity index (χ4v) is 3.39. The summed E-state index contributed by atoms with van der Waals surface area (Å²) >= 11 is 0. The maximum atomic E-state index is 12.6. The van der Waals surface area contributed by atoms with Gasteiger partial charge in [0, 0.05) is 6.54 Å². The lowest BCUT2D eigenvalue weighted by Gasteiger charge is -2.24. The molecule has 0 fully saturated rings. The van der Waals surface area contributed by atoms with E-state index < -0.39 is 17.7 Å². The third-order valence-electron chi connectivity index (χ3n) is 5.00. The molecule has 0 aromatic heterocycles. The van der Waals surface area contributed by atoms with E-state index in [1.807, 2.05) is 31.2 Å². The lowest BCUT2D eigenvalue weighted by molar-refractivity contribution is -0.124. The number of nitrogens with one attached hydrogen (secondary N) is 1. The second kappa shape index (κ2) is 8.34. The first-order valence-corrected chi connectivity index (χ1v) is 9.34. The Bertz CT molecular complexity index is 970. The van der Waals surface area contributed by atoms with Crippen molar-refractivity contribution < 1.29 is 23.9 Å². The van der Waals surface area contributed by atoms with Crippen molar-refractivity contribution in [1.29, 1.82) is 0 Å². The molecule has 0 bridgehead atoms. The molecule has 0 radical (unpaired) electrons. The molecule has 29 heavy (non-hydrogen) atoms. The van der Waals surface area contributed by atoms with Crippen molar-refractivity contribution >= 4 is 23.3 Å². The van der Waals surface area contributed by atoms with Gasteiger partial charge in [0.25, 0.3) is 11.7 Å². The predicted molar refractivity (Wildman–Crippen MR) is 109 cm³/mol. The van der Waals surface area contributed by atoms with Crippen LogP contribution in [0.5, 0.6) is 11.5 Å². The fourth-order valence-electron chi connectivity index (χ4n) is 3.39. The summed E-state index contributed by atoms with van der Waals surface area (Å²) in [5.74, 6) is -0.306. The third-order valence-corrected chi connectivity index (χ3v) is 5.00. The van der Waals surface area contributed by atoms with Gasteiger partial charge in [-0.05, 0) is 50.1 Å². The molecule has 2 aromatic carbocycles. The van der Waals surface area contributed by atoms with Gasteiger partial charge in [-0.15, -0.1) is 0 Å². The Balaban J connectivity index is 1.65. The molecule has 7 heteroatoms. The van der Waals surface area contributed by atoms with Gasteiger partial charge in [0.15, 0.2) is 11.5 Å². The van der Waals surface area contributed by atoms with Crippen LogP contribution in [0.25, 0.3) is 0 Å². The second-order valence-electron chi connectivity index (χ2n) is 6.93. The van der Waals surface area contributed by atoms with Crippen LogP contribution in [-0.4, -0.2) is 44.4 Å². The standard InChI is InChI=1S/C22H24N2O5/c1-13-5-7-17-16(11-13)20(25)22(27)24(17)14(2)21(26)23-10-9-15-6-8-18(28-3)19(12-15)29-4/h5-8,11-12,14H,9-10H2,1-4H3,(H,23,26). The summed E-state index contributed by atoms with van der Waals surface area (Å²) in [4.78, 5) is 38.5. The van der Waals surface area contributed by atoms with E-state index in [0.717, 1.165) is 11.1 Å². The van der Waals surface area contributed by atoms with E-state index >= 15 is 0 Å². The molecule has 1 heterocycles. The van der Waals surface area contributed by atoms with Crippen LogP contribution in [0.1, 0.15) is 28.4 Å². The van der Waals surface area contributed by atoms with E-state index in [9.17, 15) is 14.4 Å². The number of anilines is 1. The minimum atomic E-state index is -0.791. The molecule has 7 nitrogen and oxygen atoms in total. The number of Topliss-reactive ketones (excluding diaryl/α,β-unsaturated/α-hetero) is 1. The summed E-state index contributed by atoms with van der Waals surface area (Å²) < 4.78 is 10.5. The number of methoxy groups -OCH3 is 2. The number of benzene rings is 2. The molecule has 0 aliphatic carbocycles. The first-order chi connectivity index (χ1) is 13.9. The molecule has 1 atom stereocenters. The molecule has 1 aliphatic heterocycles. The summed E-state index contributed by atoms with van der Waals surface area (Å²) in [6, 6.07) is 9.98. The molecule has 2 aromatic rings. The molecule has 0 saturated heterocycles. The van der Waals surface area contributed by atoms with Crippen LogP contribution in [-0.2, 0) is 16.0 Å². The summed E-state index contributed by atoms with van der Waals surface area (Å²) in [5, 5.41) is 2.84. The number of hydrogen-bond acceptors (Lipinski definition) is 5. The highest BCUT2D eigenvalue weighted by Gasteiger charge is 2.40. The van der Waals surface area contributed by atoms with E-state index in [4.69, 9.17) is 9.47 Å². The predicted octanol–water partition coefficient (Wildman–Crippen LogP) is 2.29. The number of carbonyl (C=O) groups excluding carboxylic acids is 3. The molecule has 1 aliphatic rings. The largest absolute Gasteiger partial charge is 0.493 e. The van der Waals surface area contributed by atoms with Crippen LogP contribution in [0, 0.1) is 6.92 Å². The van der Waals surface area contributed by atoms with Crippen LogP contribution < -0.4 is 19.7 Å². The lowest BCUT2D eigenvalue weighted by atomic mass is 10.1. The van der Waals surface area contributed by atoms with Gasteiger partial charge in [-0.1, -0.05) is 17.7 Å². The van der Waals surface area contributed by atoms with Crippen molar-refractivity contribution in [2.45, 2.75) is 26.3 Å². The topological polar surface area (TPSA) is 84.9 Å². The van der Waals surface area contributed by atoms with Crippen molar-refractivity contribution in [2.75, 3.05) is 25.7 Å². The number of ketones is 1. The third kappa shape index (κ3) is 3.94. The maximum Gasteiger partial charge on any atom is 0.300 e. The average molecular weight is 396 g/mol. The molecular formula is C22H24N2O5. The number of aryl methyl sites for hydroxylation is 1. The molecule has 1 N–H and O–H groups in total. The van der Waals surface area contributed by atoms with Crippen LogP contribution in [0.4, 0.5) is 5.69 Å². The lowest BCUT2D eigenvalue weighted by Crippen LogP contribution is -2.48. The first kappa shape index (κ1) is 20.4. The Kier molecular flexibility index (Phi) is 5.87. The number of fused-ring (bicyclic) bond motifs is 1. The summed E-state index contributed by atoms with van der Waals surface area (Å²) in [5.41, 5.74) is 2.69. The van der Waals surface area contributed by atoms with E-state index in [1.165, 1.54) is 4.90 Å². The molecule has 2 amide bonds. The van der Waals surface area contributed by atoms with E-state index in [0.29, 0.717) is 35.7 Å². The van der Waals surface area contributed by atoms with Crippen LogP contribution in [0.2, 0.25) is 0 Å². The number of rotatable bonds is 7. The molecule has 152 valence electrons. The number of nitrogens with zero attached hydrogens (tertiary/aromatic N) is 1. The Morgan fingerprint density at radius 3 is 2.48 bits per heavy atom. The van der Waals surface area contributed by atoms with Crippen molar-refractivity contribution in [3.8, 4) is 11.5 Å². The minimum absolute atomic E-state index is 0.319. The SMILES string of the molecule is COc1ccc(CCNC(=O)C(C)N2C(=O)C(=O)c3cc(C)ccc32)cc1OC. The van der Waals surface area contributed by atoms with E-state index in [1.54, 1.807) is 33.3 Å². The second-order valence-corrected chi connectivity index (χ2v) is 6.93. The maximum absolute atomic E-state index is 12.6. The van der Waals surface area contributed by atoms with Gasteiger partial charge in [-0.25, -0.2) is 0 Å². The highest BCUT2D eigenvalue weighted by atomic mass is 16.5. The van der Waals surface area contributed by atoms with Crippen LogP contribution in [0.15, 0.2) is 36.4 Å². The first-order valence-electron chi connectivity index (χ1n) is 9.34. The Morgan fingerprint density at radius 2 is 1.79 bits per heavy atom.